The molecule has 2 amide bonds. The highest BCUT2D eigenvalue weighted by Gasteiger charge is 2.33. The van der Waals surface area contributed by atoms with Crippen LogP contribution in [0.3, 0.4) is 0 Å². The van der Waals surface area contributed by atoms with Crippen LogP contribution in [0, 0.1) is 20.8 Å². The van der Waals surface area contributed by atoms with Crippen molar-refractivity contribution in [3.05, 3.63) is 94.0 Å². The molecule has 3 rings (SSSR count). The highest BCUT2D eigenvalue weighted by atomic mass is 35.5. The molecule has 0 aliphatic heterocycles. The van der Waals surface area contributed by atoms with Crippen molar-refractivity contribution in [1.82, 2.24) is 10.2 Å². The molecule has 3 aromatic rings. The first-order chi connectivity index (χ1) is 17.4. The van der Waals surface area contributed by atoms with Crippen molar-refractivity contribution >= 4 is 39.1 Å². The summed E-state index contributed by atoms with van der Waals surface area (Å²) in [4.78, 5) is 27.8. The van der Waals surface area contributed by atoms with Gasteiger partial charge in [0.2, 0.25) is 11.8 Å². The Labute approximate surface area is 224 Å². The lowest BCUT2D eigenvalue weighted by molar-refractivity contribution is -0.139. The summed E-state index contributed by atoms with van der Waals surface area (Å²) < 4.78 is 28.8. The number of nitrogens with zero attached hydrogens (tertiary/aromatic N) is 2. The highest BCUT2D eigenvalue weighted by molar-refractivity contribution is 7.92. The summed E-state index contributed by atoms with van der Waals surface area (Å²) in [5, 5.41) is 2.92. The topological polar surface area (TPSA) is 86.8 Å². The van der Waals surface area contributed by atoms with Gasteiger partial charge in [0.15, 0.2) is 0 Å². The lowest BCUT2D eigenvalue weighted by Gasteiger charge is -2.32. The van der Waals surface area contributed by atoms with Crippen LogP contribution in [0.1, 0.15) is 29.2 Å². The number of amides is 2. The van der Waals surface area contributed by atoms with E-state index in [0.717, 1.165) is 21.0 Å². The molecule has 0 aromatic heterocycles. The number of halogens is 1. The number of benzene rings is 3. The number of hydrogen-bond donors (Lipinski definition) is 1. The molecule has 0 saturated carbocycles. The number of hydrogen-bond acceptors (Lipinski definition) is 4. The van der Waals surface area contributed by atoms with Crippen LogP contribution in [0.2, 0.25) is 5.02 Å². The Bertz CT molecular complexity index is 1370. The average Bonchev–Trinajstić information content (AvgIpc) is 2.87. The van der Waals surface area contributed by atoms with Gasteiger partial charge in [0.1, 0.15) is 12.6 Å². The summed E-state index contributed by atoms with van der Waals surface area (Å²) in [6.45, 7) is 6.83. The molecule has 7 nitrogen and oxygen atoms in total. The van der Waals surface area contributed by atoms with Gasteiger partial charge in [-0.25, -0.2) is 8.42 Å². The van der Waals surface area contributed by atoms with Crippen molar-refractivity contribution in [2.45, 2.75) is 45.2 Å². The minimum atomic E-state index is -4.14. The molecule has 9 heteroatoms. The molecule has 0 saturated heterocycles. The van der Waals surface area contributed by atoms with Crippen LogP contribution in [0.25, 0.3) is 0 Å². The van der Waals surface area contributed by atoms with Crippen molar-refractivity contribution in [2.75, 3.05) is 17.9 Å². The molecule has 37 heavy (non-hydrogen) atoms. The Morgan fingerprint density at radius 1 is 0.919 bits per heavy atom. The van der Waals surface area contributed by atoms with Crippen molar-refractivity contribution in [1.29, 1.82) is 0 Å². The molecule has 0 spiro atoms. The number of rotatable bonds is 9. The van der Waals surface area contributed by atoms with Gasteiger partial charge in [0, 0.05) is 18.6 Å². The average molecular weight is 542 g/mol. The Balaban J connectivity index is 2.07. The fourth-order valence-corrected chi connectivity index (χ4v) is 5.52. The van der Waals surface area contributed by atoms with Crippen molar-refractivity contribution < 1.29 is 18.0 Å². The standard InChI is InChI=1S/C28H32ClN3O4S/c1-19-6-11-23(12-7-19)17-31(22(4)28(34)30-5)27(33)18-32(26-16-24(29)13-10-21(26)3)37(35,36)25-14-8-20(2)9-15-25/h6-16,22H,17-18H2,1-5H3,(H,30,34). The van der Waals surface area contributed by atoms with Gasteiger partial charge in [0.25, 0.3) is 10.0 Å². The van der Waals surface area contributed by atoms with Gasteiger partial charge < -0.3 is 10.2 Å². The van der Waals surface area contributed by atoms with Crippen molar-refractivity contribution in [2.24, 2.45) is 0 Å². The number of anilines is 1. The first kappa shape index (κ1) is 28.2. The highest BCUT2D eigenvalue weighted by Crippen LogP contribution is 2.30. The van der Waals surface area contributed by atoms with Crippen LogP contribution in [0.5, 0.6) is 0 Å². The zero-order valence-electron chi connectivity index (χ0n) is 21.7. The molecule has 0 bridgehead atoms. The number of carbonyl (C=O) groups is 2. The van der Waals surface area contributed by atoms with E-state index in [1.165, 1.54) is 30.1 Å². The van der Waals surface area contributed by atoms with Crippen LogP contribution >= 0.6 is 11.6 Å². The van der Waals surface area contributed by atoms with Crippen molar-refractivity contribution in [3.8, 4) is 0 Å². The molecule has 0 radical (unpaired) electrons. The maximum atomic E-state index is 13.9. The van der Waals surface area contributed by atoms with Gasteiger partial charge in [-0.3, -0.25) is 13.9 Å². The second-order valence-corrected chi connectivity index (χ2v) is 11.4. The van der Waals surface area contributed by atoms with Crippen LogP contribution in [-0.2, 0) is 26.2 Å². The third kappa shape index (κ3) is 6.70. The minimum Gasteiger partial charge on any atom is -0.357 e. The first-order valence-corrected chi connectivity index (χ1v) is 13.7. The predicted octanol–water partition coefficient (Wildman–Crippen LogP) is 4.62. The van der Waals surface area contributed by atoms with E-state index >= 15 is 0 Å². The van der Waals surface area contributed by atoms with Crippen LogP contribution in [0.15, 0.2) is 71.6 Å². The molecular formula is C28H32ClN3O4S. The van der Waals surface area contributed by atoms with Crippen LogP contribution < -0.4 is 9.62 Å². The van der Waals surface area contributed by atoms with Crippen molar-refractivity contribution in [3.63, 3.8) is 0 Å². The molecule has 1 N–H and O–H groups in total. The second-order valence-electron chi connectivity index (χ2n) is 9.05. The Morgan fingerprint density at radius 2 is 1.49 bits per heavy atom. The van der Waals surface area contributed by atoms with E-state index in [4.69, 9.17) is 11.6 Å². The summed E-state index contributed by atoms with van der Waals surface area (Å²) in [7, 11) is -2.65. The Kier molecular flexibility index (Phi) is 8.99. The van der Waals surface area contributed by atoms with E-state index in [1.807, 2.05) is 38.1 Å². The maximum Gasteiger partial charge on any atom is 0.264 e. The fourth-order valence-electron chi connectivity index (χ4n) is 3.88. The first-order valence-electron chi connectivity index (χ1n) is 11.9. The lowest BCUT2D eigenvalue weighted by Crippen LogP contribution is -2.50. The molecule has 0 aliphatic carbocycles. The van der Waals surface area contributed by atoms with E-state index < -0.39 is 28.5 Å². The predicted molar refractivity (Wildman–Crippen MR) is 147 cm³/mol. The lowest BCUT2D eigenvalue weighted by atomic mass is 10.1. The molecule has 3 aromatic carbocycles. The summed E-state index contributed by atoms with van der Waals surface area (Å²) in [6, 6.07) is 18.1. The van der Waals surface area contributed by atoms with E-state index in [0.29, 0.717) is 16.3 Å². The maximum absolute atomic E-state index is 13.9. The summed E-state index contributed by atoms with van der Waals surface area (Å²) >= 11 is 6.24. The minimum absolute atomic E-state index is 0.0507. The number of likely N-dealkylation sites (N-methyl/N-ethyl adjacent to an activating group) is 1. The Hall–Kier alpha value is -3.36. The molecule has 1 atom stereocenters. The van der Waals surface area contributed by atoms with Gasteiger partial charge in [-0.15, -0.1) is 0 Å². The number of aryl methyl sites for hydroxylation is 3. The third-order valence-corrected chi connectivity index (χ3v) is 8.22. The van der Waals surface area contributed by atoms with Gasteiger partial charge in [0.05, 0.1) is 10.6 Å². The summed E-state index contributed by atoms with van der Waals surface area (Å²) in [6.07, 6.45) is 0. The Morgan fingerprint density at radius 3 is 2.05 bits per heavy atom. The van der Waals surface area contributed by atoms with Gasteiger partial charge in [-0.2, -0.15) is 0 Å². The third-order valence-electron chi connectivity index (χ3n) is 6.21. The zero-order valence-corrected chi connectivity index (χ0v) is 23.2. The zero-order chi connectivity index (χ0) is 27.3. The number of nitrogens with one attached hydrogen (secondary N) is 1. The molecule has 1 unspecified atom stereocenters. The van der Waals surface area contributed by atoms with E-state index in [1.54, 1.807) is 38.1 Å². The molecule has 0 aliphatic rings. The van der Waals surface area contributed by atoms with Crippen LogP contribution in [0.4, 0.5) is 5.69 Å². The molecular weight excluding hydrogens is 510 g/mol. The van der Waals surface area contributed by atoms with Gasteiger partial charge >= 0.3 is 0 Å². The van der Waals surface area contributed by atoms with E-state index in [9.17, 15) is 18.0 Å². The quantitative estimate of drug-likeness (QED) is 0.428. The fraction of sp³-hybridized carbons (Fsp3) is 0.286. The number of carbonyl (C=O) groups excluding carboxylic acids is 2. The molecule has 196 valence electrons. The normalized spacial score (nSPS) is 12.1. The largest absolute Gasteiger partial charge is 0.357 e. The second kappa shape index (κ2) is 11.8. The SMILES string of the molecule is CNC(=O)C(C)N(Cc1ccc(C)cc1)C(=O)CN(c1cc(Cl)ccc1C)S(=O)(=O)c1ccc(C)cc1. The number of sulfonamides is 1. The van der Waals surface area contributed by atoms with E-state index in [2.05, 4.69) is 5.32 Å². The smallest absolute Gasteiger partial charge is 0.264 e. The summed E-state index contributed by atoms with van der Waals surface area (Å²) in [5.41, 5.74) is 3.72. The monoisotopic (exact) mass is 541 g/mol. The molecule has 0 heterocycles. The molecule has 0 fully saturated rings. The van der Waals surface area contributed by atoms with Gasteiger partial charge in [-0.1, -0.05) is 65.2 Å². The van der Waals surface area contributed by atoms with Gasteiger partial charge in [-0.05, 0) is 63.1 Å². The summed E-state index contributed by atoms with van der Waals surface area (Å²) in [5.74, 6) is -0.876. The van der Waals surface area contributed by atoms with E-state index in [-0.39, 0.29) is 17.3 Å². The van der Waals surface area contributed by atoms with Crippen LogP contribution in [-0.4, -0.2) is 44.8 Å².